The van der Waals surface area contributed by atoms with E-state index in [2.05, 4.69) is 25.7 Å². The Balaban J connectivity index is 3.60. The highest BCUT2D eigenvalue weighted by Crippen LogP contribution is 2.08. The van der Waals surface area contributed by atoms with Crippen LogP contribution in [0.15, 0.2) is 0 Å². The number of carboxylic acid groups (broad SMARTS) is 1. The zero-order valence-electron chi connectivity index (χ0n) is 12.5. The van der Waals surface area contributed by atoms with Crippen LogP contribution in [0.5, 0.6) is 0 Å². The molecular formula is C15H31NO2. The SMILES string of the molecule is CCCCCCCCN(CCCC(=O)O)C(C)C. The molecule has 0 atom stereocenters. The molecule has 3 heteroatoms. The lowest BCUT2D eigenvalue weighted by Gasteiger charge is -2.26. The summed E-state index contributed by atoms with van der Waals surface area (Å²) < 4.78 is 0. The van der Waals surface area contributed by atoms with Crippen molar-refractivity contribution in [2.45, 2.75) is 78.2 Å². The third kappa shape index (κ3) is 10.6. The minimum absolute atomic E-state index is 0.291. The van der Waals surface area contributed by atoms with Crippen LogP contribution in [0.1, 0.15) is 72.1 Å². The smallest absolute Gasteiger partial charge is 0.303 e. The number of aliphatic carboxylic acids is 1. The molecule has 0 saturated heterocycles. The number of nitrogens with zero attached hydrogens (tertiary/aromatic N) is 1. The molecule has 0 aliphatic carbocycles. The van der Waals surface area contributed by atoms with Gasteiger partial charge in [0, 0.05) is 12.5 Å². The molecule has 0 aromatic carbocycles. The van der Waals surface area contributed by atoms with E-state index in [4.69, 9.17) is 5.11 Å². The molecule has 0 fully saturated rings. The largest absolute Gasteiger partial charge is 0.481 e. The number of rotatable bonds is 12. The molecule has 0 spiro atoms. The molecule has 0 aromatic heterocycles. The average Bonchev–Trinajstić information content (AvgIpc) is 2.30. The quantitative estimate of drug-likeness (QED) is 0.539. The molecule has 1 N–H and O–H groups in total. The maximum atomic E-state index is 10.5. The highest BCUT2D eigenvalue weighted by molar-refractivity contribution is 5.66. The fourth-order valence-electron chi connectivity index (χ4n) is 2.16. The number of carboxylic acids is 1. The number of hydrogen-bond donors (Lipinski definition) is 1. The van der Waals surface area contributed by atoms with E-state index in [1.165, 1.54) is 38.5 Å². The van der Waals surface area contributed by atoms with Crippen LogP contribution in [0.4, 0.5) is 0 Å². The van der Waals surface area contributed by atoms with Crippen LogP contribution in [0.25, 0.3) is 0 Å². The van der Waals surface area contributed by atoms with Crippen molar-refractivity contribution >= 4 is 5.97 Å². The van der Waals surface area contributed by atoms with E-state index >= 15 is 0 Å². The van der Waals surface area contributed by atoms with E-state index in [-0.39, 0.29) is 0 Å². The molecule has 18 heavy (non-hydrogen) atoms. The summed E-state index contributed by atoms with van der Waals surface area (Å²) >= 11 is 0. The van der Waals surface area contributed by atoms with Crippen molar-refractivity contribution in [3.05, 3.63) is 0 Å². The zero-order valence-corrected chi connectivity index (χ0v) is 12.5. The predicted molar refractivity (Wildman–Crippen MR) is 77.0 cm³/mol. The molecule has 0 unspecified atom stereocenters. The van der Waals surface area contributed by atoms with E-state index in [0.29, 0.717) is 12.5 Å². The van der Waals surface area contributed by atoms with Gasteiger partial charge in [0.05, 0.1) is 0 Å². The Morgan fingerprint density at radius 2 is 1.56 bits per heavy atom. The second kappa shape index (κ2) is 11.5. The van der Waals surface area contributed by atoms with Gasteiger partial charge in [-0.1, -0.05) is 39.0 Å². The van der Waals surface area contributed by atoms with Crippen LogP contribution >= 0.6 is 0 Å². The van der Waals surface area contributed by atoms with Crippen LogP contribution in [0.2, 0.25) is 0 Å². The highest BCUT2D eigenvalue weighted by atomic mass is 16.4. The summed E-state index contributed by atoms with van der Waals surface area (Å²) in [5.41, 5.74) is 0. The van der Waals surface area contributed by atoms with Crippen LogP contribution < -0.4 is 0 Å². The monoisotopic (exact) mass is 257 g/mol. The Morgan fingerprint density at radius 1 is 1.00 bits per heavy atom. The van der Waals surface area contributed by atoms with Crippen molar-refractivity contribution in [3.8, 4) is 0 Å². The van der Waals surface area contributed by atoms with Gasteiger partial charge in [-0.3, -0.25) is 4.79 Å². The Bertz CT molecular complexity index is 205. The van der Waals surface area contributed by atoms with Crippen LogP contribution in [0.3, 0.4) is 0 Å². The first-order valence-electron chi connectivity index (χ1n) is 7.53. The van der Waals surface area contributed by atoms with Gasteiger partial charge in [0.25, 0.3) is 0 Å². The van der Waals surface area contributed by atoms with Gasteiger partial charge < -0.3 is 10.0 Å². The first-order chi connectivity index (χ1) is 8.57. The van der Waals surface area contributed by atoms with Crippen molar-refractivity contribution in [2.24, 2.45) is 0 Å². The standard InChI is InChI=1S/C15H31NO2/c1-4-5-6-7-8-9-12-16(14(2)3)13-10-11-15(17)18/h14H,4-13H2,1-3H3,(H,17,18). The van der Waals surface area contributed by atoms with Crippen molar-refractivity contribution in [1.29, 1.82) is 0 Å². The maximum Gasteiger partial charge on any atom is 0.303 e. The first kappa shape index (κ1) is 17.4. The Hall–Kier alpha value is -0.570. The number of hydrogen-bond acceptors (Lipinski definition) is 2. The normalized spacial score (nSPS) is 11.4. The van der Waals surface area contributed by atoms with Gasteiger partial charge in [0.15, 0.2) is 0 Å². The van der Waals surface area contributed by atoms with Gasteiger partial charge in [-0.05, 0) is 39.8 Å². The highest BCUT2D eigenvalue weighted by Gasteiger charge is 2.09. The molecule has 0 aliphatic rings. The number of unbranched alkanes of at least 4 members (excludes halogenated alkanes) is 5. The molecule has 108 valence electrons. The van der Waals surface area contributed by atoms with Gasteiger partial charge in [-0.15, -0.1) is 0 Å². The van der Waals surface area contributed by atoms with Gasteiger partial charge in [0.1, 0.15) is 0 Å². The van der Waals surface area contributed by atoms with E-state index in [9.17, 15) is 4.79 Å². The molecular weight excluding hydrogens is 226 g/mol. The van der Waals surface area contributed by atoms with Crippen LogP contribution in [0, 0.1) is 0 Å². The van der Waals surface area contributed by atoms with Crippen molar-refractivity contribution in [1.82, 2.24) is 4.90 Å². The lowest BCUT2D eigenvalue weighted by Crippen LogP contribution is -2.33. The molecule has 0 amide bonds. The third-order valence-electron chi connectivity index (χ3n) is 3.37. The van der Waals surface area contributed by atoms with Gasteiger partial charge in [-0.2, -0.15) is 0 Å². The first-order valence-corrected chi connectivity index (χ1v) is 7.53. The Morgan fingerprint density at radius 3 is 2.11 bits per heavy atom. The van der Waals surface area contributed by atoms with Crippen molar-refractivity contribution < 1.29 is 9.90 Å². The summed E-state index contributed by atoms with van der Waals surface area (Å²) in [6.07, 6.45) is 8.96. The molecule has 3 nitrogen and oxygen atoms in total. The van der Waals surface area contributed by atoms with Crippen LogP contribution in [-0.4, -0.2) is 35.1 Å². The summed E-state index contributed by atoms with van der Waals surface area (Å²) in [7, 11) is 0. The second-order valence-corrected chi connectivity index (χ2v) is 5.39. The molecule has 0 heterocycles. The predicted octanol–water partition coefficient (Wildman–Crippen LogP) is 3.92. The van der Waals surface area contributed by atoms with Crippen molar-refractivity contribution in [3.63, 3.8) is 0 Å². The lowest BCUT2D eigenvalue weighted by molar-refractivity contribution is -0.137. The van der Waals surface area contributed by atoms with Gasteiger partial charge >= 0.3 is 5.97 Å². The Kier molecular flexibility index (Phi) is 11.2. The van der Waals surface area contributed by atoms with Gasteiger partial charge in [0.2, 0.25) is 0 Å². The summed E-state index contributed by atoms with van der Waals surface area (Å²) in [5.74, 6) is -0.682. The maximum absolute atomic E-state index is 10.5. The molecule has 0 aromatic rings. The third-order valence-corrected chi connectivity index (χ3v) is 3.37. The summed E-state index contributed by atoms with van der Waals surface area (Å²) in [6, 6.07) is 0.523. The fourth-order valence-corrected chi connectivity index (χ4v) is 2.16. The summed E-state index contributed by atoms with van der Waals surface area (Å²) in [6.45, 7) is 8.65. The molecule has 0 rings (SSSR count). The molecule has 0 saturated carbocycles. The summed E-state index contributed by atoms with van der Waals surface area (Å²) in [4.78, 5) is 12.9. The van der Waals surface area contributed by atoms with E-state index in [1.54, 1.807) is 0 Å². The molecule has 0 aliphatic heterocycles. The van der Waals surface area contributed by atoms with Crippen LogP contribution in [-0.2, 0) is 4.79 Å². The van der Waals surface area contributed by atoms with E-state index < -0.39 is 5.97 Å². The Labute approximate surface area is 113 Å². The van der Waals surface area contributed by atoms with Gasteiger partial charge in [-0.25, -0.2) is 0 Å². The lowest BCUT2D eigenvalue weighted by atomic mass is 10.1. The fraction of sp³-hybridized carbons (Fsp3) is 0.933. The summed E-state index contributed by atoms with van der Waals surface area (Å²) in [5, 5.41) is 8.64. The zero-order chi connectivity index (χ0) is 13.8. The second-order valence-electron chi connectivity index (χ2n) is 5.39. The van der Waals surface area contributed by atoms with Crippen molar-refractivity contribution in [2.75, 3.05) is 13.1 Å². The minimum atomic E-state index is -0.682. The number of carbonyl (C=O) groups is 1. The minimum Gasteiger partial charge on any atom is -0.481 e. The molecule has 0 bridgehead atoms. The molecule has 0 radical (unpaired) electrons. The average molecular weight is 257 g/mol. The van der Waals surface area contributed by atoms with E-state index in [1.807, 2.05) is 0 Å². The van der Waals surface area contributed by atoms with E-state index in [0.717, 1.165) is 19.5 Å². The topological polar surface area (TPSA) is 40.5 Å².